The van der Waals surface area contributed by atoms with Crippen molar-refractivity contribution in [1.82, 2.24) is 9.62 Å². The number of hydrogen-bond donors (Lipinski definition) is 1. The Hall–Kier alpha value is -0.370. The molecule has 0 aromatic carbocycles. The number of sulfonamides is 1. The topological polar surface area (TPSA) is 62.6 Å². The van der Waals surface area contributed by atoms with E-state index in [4.69, 9.17) is 4.42 Å². The van der Waals surface area contributed by atoms with Crippen molar-refractivity contribution in [1.29, 1.82) is 0 Å². The summed E-state index contributed by atoms with van der Waals surface area (Å²) < 4.78 is 31.3. The molecule has 2 heterocycles. The average molecular weight is 337 g/mol. The first-order valence-corrected chi connectivity index (χ1v) is 8.55. The molecule has 1 aromatic rings. The van der Waals surface area contributed by atoms with Crippen molar-refractivity contribution in [2.75, 3.05) is 19.3 Å². The summed E-state index contributed by atoms with van der Waals surface area (Å²) in [7, 11) is -3.12. The van der Waals surface area contributed by atoms with Gasteiger partial charge in [0.25, 0.3) is 0 Å². The van der Waals surface area contributed by atoms with Crippen LogP contribution in [-0.2, 0) is 16.6 Å². The number of halogens is 1. The monoisotopic (exact) mass is 336 g/mol. The van der Waals surface area contributed by atoms with E-state index in [1.165, 1.54) is 6.26 Å². The highest BCUT2D eigenvalue weighted by atomic mass is 79.9. The zero-order valence-corrected chi connectivity index (χ0v) is 12.6. The van der Waals surface area contributed by atoms with Crippen LogP contribution in [0.1, 0.15) is 18.6 Å². The Morgan fingerprint density at radius 2 is 2.33 bits per heavy atom. The van der Waals surface area contributed by atoms with Gasteiger partial charge in [0.15, 0.2) is 4.67 Å². The lowest BCUT2D eigenvalue weighted by Crippen LogP contribution is -2.46. The Labute approximate surface area is 116 Å². The molecule has 5 nitrogen and oxygen atoms in total. The number of furan rings is 1. The van der Waals surface area contributed by atoms with E-state index in [0.717, 1.165) is 36.4 Å². The van der Waals surface area contributed by atoms with E-state index in [-0.39, 0.29) is 6.04 Å². The molecule has 1 aliphatic rings. The van der Waals surface area contributed by atoms with Crippen molar-refractivity contribution in [3.05, 3.63) is 22.6 Å². The molecule has 0 radical (unpaired) electrons. The Morgan fingerprint density at radius 3 is 2.94 bits per heavy atom. The van der Waals surface area contributed by atoms with E-state index in [1.807, 2.05) is 12.1 Å². The number of piperidine rings is 1. The molecule has 1 aliphatic heterocycles. The molecule has 1 N–H and O–H groups in total. The van der Waals surface area contributed by atoms with Crippen LogP contribution in [0.3, 0.4) is 0 Å². The molecular formula is C11H17BrN2O3S. The quantitative estimate of drug-likeness (QED) is 0.906. The summed E-state index contributed by atoms with van der Waals surface area (Å²) in [5.74, 6) is 0.891. The highest BCUT2D eigenvalue weighted by Gasteiger charge is 2.22. The molecule has 1 saturated heterocycles. The van der Waals surface area contributed by atoms with E-state index in [1.54, 1.807) is 0 Å². The lowest BCUT2D eigenvalue weighted by atomic mass is 10.1. The highest BCUT2D eigenvalue weighted by molar-refractivity contribution is 9.10. The normalized spacial score (nSPS) is 22.2. The van der Waals surface area contributed by atoms with Gasteiger partial charge < -0.3 is 4.42 Å². The van der Waals surface area contributed by atoms with Gasteiger partial charge in [-0.2, -0.15) is 0 Å². The maximum absolute atomic E-state index is 11.2. The molecule has 0 spiro atoms. The number of nitrogens with zero attached hydrogens (tertiary/aromatic N) is 1. The van der Waals surface area contributed by atoms with Crippen LogP contribution in [0.15, 0.2) is 21.2 Å². The summed E-state index contributed by atoms with van der Waals surface area (Å²) in [4.78, 5) is 2.21. The van der Waals surface area contributed by atoms with Crippen LogP contribution in [0.25, 0.3) is 0 Å². The molecule has 2 rings (SSSR count). The number of rotatable bonds is 4. The largest absolute Gasteiger partial charge is 0.453 e. The van der Waals surface area contributed by atoms with Gasteiger partial charge in [-0.25, -0.2) is 13.1 Å². The predicted octanol–water partition coefficient (Wildman–Crippen LogP) is 1.56. The summed E-state index contributed by atoms with van der Waals surface area (Å²) in [6, 6.07) is 3.80. The molecule has 18 heavy (non-hydrogen) atoms. The van der Waals surface area contributed by atoms with Crippen LogP contribution in [0.2, 0.25) is 0 Å². The van der Waals surface area contributed by atoms with Crippen LogP contribution in [-0.4, -0.2) is 38.7 Å². The van der Waals surface area contributed by atoms with Crippen LogP contribution in [0.4, 0.5) is 0 Å². The lowest BCUT2D eigenvalue weighted by Gasteiger charge is -2.32. The fourth-order valence-corrected chi connectivity index (χ4v) is 3.39. The summed E-state index contributed by atoms with van der Waals surface area (Å²) in [5.41, 5.74) is 0. The second kappa shape index (κ2) is 5.73. The van der Waals surface area contributed by atoms with Gasteiger partial charge in [0, 0.05) is 12.6 Å². The first kappa shape index (κ1) is 14.0. The zero-order chi connectivity index (χ0) is 13.2. The van der Waals surface area contributed by atoms with Gasteiger partial charge >= 0.3 is 0 Å². The minimum atomic E-state index is -3.12. The van der Waals surface area contributed by atoms with Crippen molar-refractivity contribution in [2.24, 2.45) is 0 Å². The second-order valence-corrected chi connectivity index (χ2v) is 7.23. The van der Waals surface area contributed by atoms with Gasteiger partial charge in [0.2, 0.25) is 10.0 Å². The third-order valence-corrected chi connectivity index (χ3v) is 4.08. The molecule has 0 bridgehead atoms. The van der Waals surface area contributed by atoms with Crippen molar-refractivity contribution in [3.8, 4) is 0 Å². The van der Waals surface area contributed by atoms with Crippen LogP contribution < -0.4 is 4.72 Å². The third kappa shape index (κ3) is 4.38. The van der Waals surface area contributed by atoms with E-state index in [0.29, 0.717) is 6.54 Å². The van der Waals surface area contributed by atoms with Gasteiger partial charge in [-0.3, -0.25) is 4.90 Å². The zero-order valence-electron chi connectivity index (χ0n) is 10.2. The molecule has 1 aromatic heterocycles. The molecule has 102 valence electrons. The first-order valence-electron chi connectivity index (χ1n) is 5.86. The van der Waals surface area contributed by atoms with E-state index >= 15 is 0 Å². The van der Waals surface area contributed by atoms with Crippen LogP contribution in [0, 0.1) is 0 Å². The summed E-state index contributed by atoms with van der Waals surface area (Å²) in [6.45, 7) is 2.42. The van der Waals surface area contributed by atoms with Gasteiger partial charge in [-0.1, -0.05) is 0 Å². The van der Waals surface area contributed by atoms with Crippen molar-refractivity contribution in [2.45, 2.75) is 25.4 Å². The van der Waals surface area contributed by atoms with Gasteiger partial charge in [0.05, 0.1) is 12.8 Å². The summed E-state index contributed by atoms with van der Waals surface area (Å²) in [5, 5.41) is 0. The lowest BCUT2D eigenvalue weighted by molar-refractivity contribution is 0.181. The van der Waals surface area contributed by atoms with Crippen LogP contribution >= 0.6 is 15.9 Å². The third-order valence-electron chi connectivity index (χ3n) is 2.89. The van der Waals surface area contributed by atoms with Gasteiger partial charge in [0.1, 0.15) is 5.76 Å². The molecule has 0 amide bonds. The highest BCUT2D eigenvalue weighted by Crippen LogP contribution is 2.18. The Morgan fingerprint density at radius 1 is 1.56 bits per heavy atom. The van der Waals surface area contributed by atoms with E-state index in [2.05, 4.69) is 25.6 Å². The standard InChI is InChI=1S/C11H17BrN2O3S/c1-18(15,16)13-9-3-2-6-14(7-9)8-10-4-5-11(12)17-10/h4-5,9,13H,2-3,6-8H2,1H3. The Balaban J connectivity index is 1.90. The molecule has 1 fully saturated rings. The number of nitrogens with one attached hydrogen (secondary N) is 1. The Bertz CT molecular complexity index is 500. The SMILES string of the molecule is CS(=O)(=O)NC1CCCN(Cc2ccc(Br)o2)C1. The molecule has 1 atom stereocenters. The number of hydrogen-bond acceptors (Lipinski definition) is 4. The van der Waals surface area contributed by atoms with Crippen molar-refractivity contribution < 1.29 is 12.8 Å². The van der Waals surface area contributed by atoms with Crippen LogP contribution in [0.5, 0.6) is 0 Å². The van der Waals surface area contributed by atoms with Crippen molar-refractivity contribution in [3.63, 3.8) is 0 Å². The second-order valence-electron chi connectivity index (χ2n) is 4.67. The summed E-state index contributed by atoms with van der Waals surface area (Å²) in [6.07, 6.45) is 3.09. The fourth-order valence-electron chi connectivity index (χ4n) is 2.26. The fraction of sp³-hybridized carbons (Fsp3) is 0.636. The maximum Gasteiger partial charge on any atom is 0.208 e. The molecule has 0 saturated carbocycles. The average Bonchev–Trinajstić information content (AvgIpc) is 2.62. The van der Waals surface area contributed by atoms with Gasteiger partial charge in [-0.05, 0) is 47.4 Å². The molecule has 0 aliphatic carbocycles. The first-order chi connectivity index (χ1) is 8.42. The summed E-state index contributed by atoms with van der Waals surface area (Å²) >= 11 is 3.27. The van der Waals surface area contributed by atoms with E-state index in [9.17, 15) is 8.42 Å². The molecule has 1 unspecified atom stereocenters. The van der Waals surface area contributed by atoms with E-state index < -0.39 is 10.0 Å². The number of likely N-dealkylation sites (tertiary alicyclic amines) is 1. The maximum atomic E-state index is 11.2. The molecule has 7 heteroatoms. The Kier molecular flexibility index (Phi) is 4.47. The molecular weight excluding hydrogens is 320 g/mol. The smallest absolute Gasteiger partial charge is 0.208 e. The minimum Gasteiger partial charge on any atom is -0.453 e. The van der Waals surface area contributed by atoms with Crippen molar-refractivity contribution >= 4 is 26.0 Å². The minimum absolute atomic E-state index is 0.00662. The van der Waals surface area contributed by atoms with Gasteiger partial charge in [-0.15, -0.1) is 0 Å². The predicted molar refractivity (Wildman–Crippen MR) is 72.7 cm³/mol.